The number of hydrogen-bond donors (Lipinski definition) is 1. The highest BCUT2D eigenvalue weighted by Crippen LogP contribution is 2.43. The van der Waals surface area contributed by atoms with Crippen LogP contribution in [0.25, 0.3) is 5.76 Å². The lowest BCUT2D eigenvalue weighted by atomic mass is 9.94. The first-order valence-electron chi connectivity index (χ1n) is 13.3. The molecule has 0 radical (unpaired) electrons. The molecular formula is C32H36N2O4. The molecule has 0 bridgehead atoms. The summed E-state index contributed by atoms with van der Waals surface area (Å²) in [4.78, 5) is 30.8. The highest BCUT2D eigenvalue weighted by molar-refractivity contribution is 6.51. The highest BCUT2D eigenvalue weighted by atomic mass is 16.5. The van der Waals surface area contributed by atoms with Gasteiger partial charge in [-0.3, -0.25) is 14.5 Å². The van der Waals surface area contributed by atoms with Crippen LogP contribution in [0.5, 0.6) is 5.75 Å². The average molecular weight is 513 g/mol. The maximum atomic E-state index is 13.5. The van der Waals surface area contributed by atoms with Gasteiger partial charge in [-0.15, -0.1) is 0 Å². The van der Waals surface area contributed by atoms with Gasteiger partial charge in [0.15, 0.2) is 0 Å². The van der Waals surface area contributed by atoms with E-state index < -0.39 is 17.7 Å². The summed E-state index contributed by atoms with van der Waals surface area (Å²) in [5, 5.41) is 11.5. The van der Waals surface area contributed by atoms with E-state index in [1.165, 1.54) is 4.90 Å². The van der Waals surface area contributed by atoms with Crippen LogP contribution in [0.1, 0.15) is 55.5 Å². The van der Waals surface area contributed by atoms with Crippen LogP contribution in [0, 0.1) is 13.8 Å². The Morgan fingerprint density at radius 2 is 1.66 bits per heavy atom. The van der Waals surface area contributed by atoms with Gasteiger partial charge in [0, 0.05) is 30.0 Å². The molecule has 0 saturated carbocycles. The van der Waals surface area contributed by atoms with Gasteiger partial charge in [0.05, 0.1) is 18.2 Å². The Labute approximate surface area is 225 Å². The van der Waals surface area contributed by atoms with Crippen molar-refractivity contribution in [2.75, 3.05) is 29.5 Å². The highest BCUT2D eigenvalue weighted by Gasteiger charge is 2.47. The van der Waals surface area contributed by atoms with Crippen molar-refractivity contribution >= 4 is 28.8 Å². The van der Waals surface area contributed by atoms with Gasteiger partial charge in [0.2, 0.25) is 0 Å². The summed E-state index contributed by atoms with van der Waals surface area (Å²) in [5.74, 6) is -0.982. The lowest BCUT2D eigenvalue weighted by Gasteiger charge is -2.28. The Hall–Kier alpha value is -4.06. The quantitative estimate of drug-likeness (QED) is 0.200. The molecule has 198 valence electrons. The molecule has 1 aliphatic rings. The minimum atomic E-state index is -0.776. The number of benzene rings is 3. The van der Waals surface area contributed by atoms with Crippen molar-refractivity contribution in [3.05, 3.63) is 94.6 Å². The van der Waals surface area contributed by atoms with Crippen LogP contribution in [0.3, 0.4) is 0 Å². The van der Waals surface area contributed by atoms with Crippen molar-refractivity contribution in [2.45, 2.75) is 47.1 Å². The van der Waals surface area contributed by atoms with Crippen molar-refractivity contribution in [3.63, 3.8) is 0 Å². The predicted octanol–water partition coefficient (Wildman–Crippen LogP) is 6.56. The monoisotopic (exact) mass is 512 g/mol. The number of ether oxygens (including phenoxy) is 1. The number of aryl methyl sites for hydroxylation is 2. The van der Waals surface area contributed by atoms with Gasteiger partial charge < -0.3 is 14.7 Å². The van der Waals surface area contributed by atoms with Crippen LogP contribution in [-0.4, -0.2) is 36.5 Å². The molecule has 1 unspecified atom stereocenters. The molecule has 1 aliphatic heterocycles. The van der Waals surface area contributed by atoms with Gasteiger partial charge in [-0.05, 0) is 75.6 Å². The van der Waals surface area contributed by atoms with E-state index in [2.05, 4.69) is 18.7 Å². The summed E-state index contributed by atoms with van der Waals surface area (Å²) < 4.78 is 5.74. The van der Waals surface area contributed by atoms with Gasteiger partial charge >= 0.3 is 0 Å². The van der Waals surface area contributed by atoms with Gasteiger partial charge in [-0.25, -0.2) is 0 Å². The van der Waals surface area contributed by atoms with Crippen molar-refractivity contribution in [1.29, 1.82) is 0 Å². The number of aliphatic hydroxyl groups is 1. The number of Topliss-reactive ketones (excluding diaryl/α,β-unsaturated/α-hetero) is 1. The fourth-order valence-electron chi connectivity index (χ4n) is 5.04. The molecule has 1 amide bonds. The molecule has 0 aliphatic carbocycles. The smallest absolute Gasteiger partial charge is 0.300 e. The molecule has 1 saturated heterocycles. The third-order valence-electron chi connectivity index (χ3n) is 6.97. The van der Waals surface area contributed by atoms with Crippen LogP contribution in [0.15, 0.2) is 72.3 Å². The standard InChI is InChI=1S/C32H36N2O4/c1-6-18-38-26-11-9-10-24(20-26)30(35)28-29(23-13-15-25(16-14-23)33(7-2)8-3)34(32(37)31(28)36)27-17-12-21(4)19-22(27)5/h9-17,19-20,29,35H,6-8,18H2,1-5H3/b30-28+. The minimum Gasteiger partial charge on any atom is -0.507 e. The van der Waals surface area contributed by atoms with Crippen LogP contribution in [-0.2, 0) is 9.59 Å². The predicted molar refractivity (Wildman–Crippen MR) is 153 cm³/mol. The second kappa shape index (κ2) is 11.5. The number of anilines is 2. The Morgan fingerprint density at radius 1 is 0.947 bits per heavy atom. The zero-order valence-electron chi connectivity index (χ0n) is 22.8. The van der Waals surface area contributed by atoms with E-state index in [0.717, 1.165) is 41.9 Å². The summed E-state index contributed by atoms with van der Waals surface area (Å²) in [6.07, 6.45) is 0.848. The molecular weight excluding hydrogens is 476 g/mol. The van der Waals surface area contributed by atoms with E-state index in [9.17, 15) is 14.7 Å². The summed E-state index contributed by atoms with van der Waals surface area (Å²) in [6, 6.07) is 19.9. The summed E-state index contributed by atoms with van der Waals surface area (Å²) in [5.41, 5.74) is 4.90. The number of amides is 1. The lowest BCUT2D eigenvalue weighted by molar-refractivity contribution is -0.132. The van der Waals surface area contributed by atoms with Gasteiger partial charge in [0.1, 0.15) is 11.5 Å². The molecule has 38 heavy (non-hydrogen) atoms. The second-order valence-corrected chi connectivity index (χ2v) is 9.60. The first kappa shape index (κ1) is 27.0. The van der Waals surface area contributed by atoms with E-state index in [1.807, 2.05) is 69.3 Å². The maximum absolute atomic E-state index is 13.5. The first-order valence-corrected chi connectivity index (χ1v) is 13.3. The molecule has 0 spiro atoms. The topological polar surface area (TPSA) is 70.1 Å². The van der Waals surface area contributed by atoms with Crippen molar-refractivity contribution in [1.82, 2.24) is 0 Å². The summed E-state index contributed by atoms with van der Waals surface area (Å²) >= 11 is 0. The third-order valence-corrected chi connectivity index (χ3v) is 6.97. The molecule has 0 aromatic heterocycles. The number of carbonyl (C=O) groups excluding carboxylic acids is 2. The molecule has 1 N–H and O–H groups in total. The average Bonchev–Trinajstić information content (AvgIpc) is 3.18. The van der Waals surface area contributed by atoms with Gasteiger partial charge in [-0.1, -0.05) is 48.9 Å². The van der Waals surface area contributed by atoms with Crippen molar-refractivity contribution in [3.8, 4) is 5.75 Å². The second-order valence-electron chi connectivity index (χ2n) is 9.60. The Kier molecular flexibility index (Phi) is 8.20. The molecule has 1 fully saturated rings. The number of hydrogen-bond acceptors (Lipinski definition) is 5. The van der Waals surface area contributed by atoms with E-state index in [4.69, 9.17) is 4.74 Å². The number of nitrogens with zero attached hydrogens (tertiary/aromatic N) is 2. The Balaban J connectivity index is 1.89. The number of rotatable bonds is 9. The zero-order valence-corrected chi connectivity index (χ0v) is 22.8. The fourth-order valence-corrected chi connectivity index (χ4v) is 5.04. The van der Waals surface area contributed by atoms with E-state index in [0.29, 0.717) is 23.6 Å². The molecule has 3 aromatic carbocycles. The largest absolute Gasteiger partial charge is 0.507 e. The number of ketones is 1. The SMILES string of the molecule is CCCOc1cccc(/C(O)=C2\C(=O)C(=O)N(c3ccc(C)cc3C)C2c2ccc(N(CC)CC)cc2)c1. The van der Waals surface area contributed by atoms with Crippen molar-refractivity contribution in [2.24, 2.45) is 0 Å². The van der Waals surface area contributed by atoms with Crippen LogP contribution in [0.4, 0.5) is 11.4 Å². The van der Waals surface area contributed by atoms with Gasteiger partial charge in [-0.2, -0.15) is 0 Å². The first-order chi connectivity index (χ1) is 18.3. The summed E-state index contributed by atoms with van der Waals surface area (Å²) in [6.45, 7) is 12.4. The van der Waals surface area contributed by atoms with E-state index in [1.54, 1.807) is 18.2 Å². The normalized spacial score (nSPS) is 16.7. The van der Waals surface area contributed by atoms with Crippen LogP contribution in [0.2, 0.25) is 0 Å². The third kappa shape index (κ3) is 5.17. The van der Waals surface area contributed by atoms with Crippen LogP contribution >= 0.6 is 0 Å². The Bertz CT molecular complexity index is 1360. The van der Waals surface area contributed by atoms with Crippen molar-refractivity contribution < 1.29 is 19.4 Å². The molecule has 6 heteroatoms. The minimum absolute atomic E-state index is 0.0678. The maximum Gasteiger partial charge on any atom is 0.300 e. The fraction of sp³-hybridized carbons (Fsp3) is 0.312. The molecule has 1 heterocycles. The number of aliphatic hydroxyl groups excluding tert-OH is 1. The van der Waals surface area contributed by atoms with E-state index in [-0.39, 0.29) is 11.3 Å². The molecule has 6 nitrogen and oxygen atoms in total. The van der Waals surface area contributed by atoms with Crippen LogP contribution < -0.4 is 14.5 Å². The molecule has 3 aromatic rings. The Morgan fingerprint density at radius 3 is 2.29 bits per heavy atom. The summed E-state index contributed by atoms with van der Waals surface area (Å²) in [7, 11) is 0. The number of carbonyl (C=O) groups is 2. The van der Waals surface area contributed by atoms with E-state index >= 15 is 0 Å². The molecule has 4 rings (SSSR count). The van der Waals surface area contributed by atoms with Gasteiger partial charge in [0.25, 0.3) is 11.7 Å². The zero-order chi connectivity index (χ0) is 27.4. The molecule has 1 atom stereocenters. The lowest BCUT2D eigenvalue weighted by Crippen LogP contribution is -2.30.